The summed E-state index contributed by atoms with van der Waals surface area (Å²) in [4.78, 5) is 13.5. The highest BCUT2D eigenvalue weighted by Gasteiger charge is 2.36. The van der Waals surface area contributed by atoms with E-state index in [2.05, 4.69) is 54.0 Å². The molecule has 1 aliphatic carbocycles. The molecule has 0 spiro atoms. The summed E-state index contributed by atoms with van der Waals surface area (Å²) in [5.74, 6) is 0.237. The van der Waals surface area contributed by atoms with Crippen LogP contribution in [0, 0.1) is 6.92 Å². The number of hydrogen-bond acceptors (Lipinski definition) is 3. The van der Waals surface area contributed by atoms with E-state index in [0.29, 0.717) is 6.42 Å². The SMILES string of the molecule is Cc1cccc(C2Nc3ccccc3NC3=C2C(=O)CC(c2ccccc2Cl)C3)c1. The minimum Gasteiger partial charge on any atom is -0.372 e. The lowest BCUT2D eigenvalue weighted by atomic mass is 9.78. The van der Waals surface area contributed by atoms with Crippen LogP contribution in [0.3, 0.4) is 0 Å². The van der Waals surface area contributed by atoms with Crippen LogP contribution in [0.25, 0.3) is 0 Å². The molecule has 0 saturated carbocycles. The first-order chi connectivity index (χ1) is 14.6. The summed E-state index contributed by atoms with van der Waals surface area (Å²) in [6, 6.07) is 24.2. The number of halogens is 1. The van der Waals surface area contributed by atoms with Gasteiger partial charge in [0.2, 0.25) is 0 Å². The maximum absolute atomic E-state index is 13.5. The van der Waals surface area contributed by atoms with Crippen molar-refractivity contribution < 1.29 is 4.79 Å². The number of hydrogen-bond donors (Lipinski definition) is 2. The normalized spacial score (nSPS) is 20.5. The summed E-state index contributed by atoms with van der Waals surface area (Å²) in [5, 5.41) is 7.93. The Morgan fingerprint density at radius 1 is 0.900 bits per heavy atom. The van der Waals surface area contributed by atoms with E-state index in [-0.39, 0.29) is 17.7 Å². The maximum atomic E-state index is 13.5. The van der Waals surface area contributed by atoms with Gasteiger partial charge in [-0.05, 0) is 48.6 Å². The first-order valence-corrected chi connectivity index (χ1v) is 10.7. The number of carbonyl (C=O) groups excluding carboxylic acids is 1. The fourth-order valence-electron chi connectivity index (χ4n) is 4.62. The van der Waals surface area contributed by atoms with Crippen LogP contribution in [0.4, 0.5) is 11.4 Å². The van der Waals surface area contributed by atoms with Crippen molar-refractivity contribution in [3.8, 4) is 0 Å². The molecule has 30 heavy (non-hydrogen) atoms. The summed E-state index contributed by atoms with van der Waals surface area (Å²) < 4.78 is 0. The van der Waals surface area contributed by atoms with Gasteiger partial charge in [-0.15, -0.1) is 0 Å². The molecule has 0 saturated heterocycles. The summed E-state index contributed by atoms with van der Waals surface area (Å²) >= 11 is 6.48. The number of para-hydroxylation sites is 2. The summed E-state index contributed by atoms with van der Waals surface area (Å²) in [5.41, 5.74) is 7.14. The number of nitrogens with one attached hydrogen (secondary N) is 2. The van der Waals surface area contributed by atoms with Gasteiger partial charge < -0.3 is 10.6 Å². The van der Waals surface area contributed by atoms with Crippen molar-refractivity contribution in [3.05, 3.63) is 106 Å². The molecule has 2 aliphatic rings. The Bertz CT molecular complexity index is 1170. The second-order valence-electron chi connectivity index (χ2n) is 8.10. The first-order valence-electron chi connectivity index (χ1n) is 10.3. The number of aryl methyl sites for hydroxylation is 1. The third-order valence-electron chi connectivity index (χ3n) is 6.03. The van der Waals surface area contributed by atoms with E-state index < -0.39 is 0 Å². The molecule has 0 amide bonds. The van der Waals surface area contributed by atoms with Crippen LogP contribution in [0.1, 0.15) is 41.5 Å². The van der Waals surface area contributed by atoms with Crippen LogP contribution in [0.2, 0.25) is 5.02 Å². The van der Waals surface area contributed by atoms with Gasteiger partial charge in [0.25, 0.3) is 0 Å². The van der Waals surface area contributed by atoms with E-state index in [0.717, 1.165) is 45.2 Å². The third-order valence-corrected chi connectivity index (χ3v) is 6.37. The Labute approximate surface area is 181 Å². The summed E-state index contributed by atoms with van der Waals surface area (Å²) in [6.45, 7) is 2.08. The second kappa shape index (κ2) is 7.66. The van der Waals surface area contributed by atoms with Crippen LogP contribution >= 0.6 is 11.6 Å². The van der Waals surface area contributed by atoms with Gasteiger partial charge in [0.05, 0.1) is 17.4 Å². The number of allylic oxidation sites excluding steroid dienone is 1. The fraction of sp³-hybridized carbons (Fsp3) is 0.192. The van der Waals surface area contributed by atoms with E-state index in [1.54, 1.807) is 0 Å². The van der Waals surface area contributed by atoms with Crippen molar-refractivity contribution in [2.75, 3.05) is 10.6 Å². The van der Waals surface area contributed by atoms with E-state index >= 15 is 0 Å². The molecule has 0 aromatic heterocycles. The Balaban J connectivity index is 1.63. The third kappa shape index (κ3) is 3.40. The zero-order valence-electron chi connectivity index (χ0n) is 16.8. The van der Waals surface area contributed by atoms with Crippen molar-refractivity contribution in [2.45, 2.75) is 31.7 Å². The number of fused-ring (bicyclic) bond motifs is 1. The number of anilines is 2. The van der Waals surface area contributed by atoms with Crippen LogP contribution in [0.15, 0.2) is 84.1 Å². The summed E-state index contributed by atoms with van der Waals surface area (Å²) in [6.07, 6.45) is 1.22. The largest absolute Gasteiger partial charge is 0.372 e. The molecule has 3 aromatic rings. The van der Waals surface area contributed by atoms with Gasteiger partial charge in [-0.2, -0.15) is 0 Å². The molecule has 1 aliphatic heterocycles. The van der Waals surface area contributed by atoms with Crippen LogP contribution in [0.5, 0.6) is 0 Å². The molecule has 3 nitrogen and oxygen atoms in total. The predicted molar refractivity (Wildman–Crippen MR) is 123 cm³/mol. The Morgan fingerprint density at radius 3 is 2.47 bits per heavy atom. The Kier molecular flexibility index (Phi) is 4.84. The molecule has 0 fully saturated rings. The average molecular weight is 415 g/mol. The standard InChI is InChI=1S/C26H23ClN2O/c1-16-7-6-8-17(13-16)26-25-23(28-21-11-4-5-12-22(21)29-26)14-18(15-24(25)30)19-9-2-3-10-20(19)27/h2-13,18,26,28-29H,14-15H2,1H3. The van der Waals surface area contributed by atoms with Crippen molar-refractivity contribution in [1.82, 2.24) is 0 Å². The minimum atomic E-state index is -0.184. The van der Waals surface area contributed by atoms with E-state index in [1.807, 2.05) is 36.4 Å². The van der Waals surface area contributed by atoms with E-state index in [9.17, 15) is 4.79 Å². The molecular weight excluding hydrogens is 392 g/mol. The molecule has 1 heterocycles. The lowest BCUT2D eigenvalue weighted by molar-refractivity contribution is -0.116. The number of carbonyl (C=O) groups is 1. The van der Waals surface area contributed by atoms with Crippen LogP contribution in [-0.2, 0) is 4.79 Å². The van der Waals surface area contributed by atoms with Gasteiger partial charge in [-0.25, -0.2) is 0 Å². The smallest absolute Gasteiger partial charge is 0.163 e. The zero-order valence-corrected chi connectivity index (χ0v) is 17.5. The molecular formula is C26H23ClN2O. The Morgan fingerprint density at radius 2 is 1.67 bits per heavy atom. The monoisotopic (exact) mass is 414 g/mol. The van der Waals surface area contributed by atoms with Crippen LogP contribution in [-0.4, -0.2) is 5.78 Å². The summed E-state index contributed by atoms with van der Waals surface area (Å²) in [7, 11) is 0. The molecule has 0 radical (unpaired) electrons. The van der Waals surface area contributed by atoms with Gasteiger partial charge in [-0.1, -0.05) is 71.8 Å². The highest BCUT2D eigenvalue weighted by Crippen LogP contribution is 2.45. The molecule has 2 unspecified atom stereocenters. The van der Waals surface area contributed by atoms with Crippen LogP contribution < -0.4 is 10.6 Å². The van der Waals surface area contributed by atoms with E-state index in [4.69, 9.17) is 11.6 Å². The molecule has 0 bridgehead atoms. The lowest BCUT2D eigenvalue weighted by Crippen LogP contribution is -2.27. The number of rotatable bonds is 2. The molecule has 2 N–H and O–H groups in total. The van der Waals surface area contributed by atoms with Crippen molar-refractivity contribution in [1.29, 1.82) is 0 Å². The van der Waals surface area contributed by atoms with Crippen molar-refractivity contribution >= 4 is 28.8 Å². The fourth-order valence-corrected chi connectivity index (χ4v) is 4.91. The molecule has 5 rings (SSSR count). The minimum absolute atomic E-state index is 0.0703. The van der Waals surface area contributed by atoms with Gasteiger partial charge in [-0.3, -0.25) is 4.79 Å². The molecule has 3 aromatic carbocycles. The first kappa shape index (κ1) is 19.0. The topological polar surface area (TPSA) is 41.1 Å². The lowest BCUT2D eigenvalue weighted by Gasteiger charge is -2.30. The highest BCUT2D eigenvalue weighted by atomic mass is 35.5. The van der Waals surface area contributed by atoms with E-state index in [1.165, 1.54) is 5.56 Å². The van der Waals surface area contributed by atoms with Gasteiger partial charge in [0, 0.05) is 22.7 Å². The number of benzene rings is 3. The quantitative estimate of drug-likeness (QED) is 0.494. The number of Topliss-reactive ketones (excluding diaryl/α,β-unsaturated/α-hetero) is 1. The van der Waals surface area contributed by atoms with Gasteiger partial charge >= 0.3 is 0 Å². The predicted octanol–water partition coefficient (Wildman–Crippen LogP) is 6.63. The van der Waals surface area contributed by atoms with Crippen molar-refractivity contribution in [3.63, 3.8) is 0 Å². The molecule has 4 heteroatoms. The Hall–Kier alpha value is -3.04. The average Bonchev–Trinajstić information content (AvgIpc) is 2.91. The highest BCUT2D eigenvalue weighted by molar-refractivity contribution is 6.31. The number of ketones is 1. The van der Waals surface area contributed by atoms with Gasteiger partial charge in [0.15, 0.2) is 5.78 Å². The maximum Gasteiger partial charge on any atom is 0.163 e. The molecule has 2 atom stereocenters. The van der Waals surface area contributed by atoms with Gasteiger partial charge in [0.1, 0.15) is 0 Å². The second-order valence-corrected chi connectivity index (χ2v) is 8.51. The zero-order chi connectivity index (χ0) is 20.7. The van der Waals surface area contributed by atoms with Crippen molar-refractivity contribution in [2.24, 2.45) is 0 Å². The molecule has 150 valence electrons.